The van der Waals surface area contributed by atoms with Crippen LogP contribution in [0.5, 0.6) is 0 Å². The SMILES string of the molecule is CN=C(NCc1cccc(C)n1)N1CCC(C(=O)OC)CC1.I. The lowest BCUT2D eigenvalue weighted by Crippen LogP contribution is -2.46. The average molecular weight is 432 g/mol. The van der Waals surface area contributed by atoms with E-state index < -0.39 is 0 Å². The molecule has 1 saturated heterocycles. The highest BCUT2D eigenvalue weighted by atomic mass is 127. The molecule has 128 valence electrons. The van der Waals surface area contributed by atoms with Gasteiger partial charge in [0, 0.05) is 25.8 Å². The van der Waals surface area contributed by atoms with Gasteiger partial charge in [-0.2, -0.15) is 0 Å². The quantitative estimate of drug-likeness (QED) is 0.343. The highest BCUT2D eigenvalue weighted by Gasteiger charge is 2.26. The first-order chi connectivity index (χ1) is 10.6. The number of hydrogen-bond donors (Lipinski definition) is 1. The van der Waals surface area contributed by atoms with Crippen LogP contribution in [0.25, 0.3) is 0 Å². The van der Waals surface area contributed by atoms with Crippen molar-refractivity contribution >= 4 is 35.9 Å². The summed E-state index contributed by atoms with van der Waals surface area (Å²) >= 11 is 0. The molecule has 1 N–H and O–H groups in total. The summed E-state index contributed by atoms with van der Waals surface area (Å²) in [5.74, 6) is 0.760. The van der Waals surface area contributed by atoms with Gasteiger partial charge in [0.1, 0.15) is 0 Å². The lowest BCUT2D eigenvalue weighted by molar-refractivity contribution is -0.146. The van der Waals surface area contributed by atoms with Gasteiger partial charge in [-0.3, -0.25) is 14.8 Å². The zero-order chi connectivity index (χ0) is 15.9. The fourth-order valence-corrected chi connectivity index (χ4v) is 2.69. The number of piperidine rings is 1. The number of hydrogen-bond acceptors (Lipinski definition) is 4. The largest absolute Gasteiger partial charge is 0.469 e. The topological polar surface area (TPSA) is 66.8 Å². The van der Waals surface area contributed by atoms with Gasteiger partial charge in [0.25, 0.3) is 0 Å². The minimum Gasteiger partial charge on any atom is -0.469 e. The number of aromatic nitrogens is 1. The molecule has 1 aliphatic rings. The van der Waals surface area contributed by atoms with Crippen molar-refractivity contribution in [2.24, 2.45) is 10.9 Å². The maximum absolute atomic E-state index is 11.6. The maximum atomic E-state index is 11.6. The molecule has 0 aliphatic carbocycles. The number of halogens is 1. The smallest absolute Gasteiger partial charge is 0.308 e. The van der Waals surface area contributed by atoms with E-state index in [4.69, 9.17) is 4.74 Å². The van der Waals surface area contributed by atoms with Crippen LogP contribution in [0.4, 0.5) is 0 Å². The predicted molar refractivity (Wildman–Crippen MR) is 101 cm³/mol. The number of carbonyl (C=O) groups is 1. The van der Waals surface area contributed by atoms with Crippen molar-refractivity contribution in [2.75, 3.05) is 27.2 Å². The number of aryl methyl sites for hydroxylation is 1. The van der Waals surface area contributed by atoms with Crippen molar-refractivity contribution < 1.29 is 9.53 Å². The number of nitrogens with zero attached hydrogens (tertiary/aromatic N) is 3. The molecule has 1 fully saturated rings. The van der Waals surface area contributed by atoms with Crippen molar-refractivity contribution in [3.8, 4) is 0 Å². The summed E-state index contributed by atoms with van der Waals surface area (Å²) in [6.07, 6.45) is 1.60. The number of pyridine rings is 1. The Balaban J connectivity index is 0.00000264. The summed E-state index contributed by atoms with van der Waals surface area (Å²) in [7, 11) is 3.22. The summed E-state index contributed by atoms with van der Waals surface area (Å²) in [6, 6.07) is 5.98. The first-order valence-corrected chi connectivity index (χ1v) is 7.60. The number of esters is 1. The summed E-state index contributed by atoms with van der Waals surface area (Å²) in [5.41, 5.74) is 2.00. The van der Waals surface area contributed by atoms with E-state index in [2.05, 4.69) is 20.2 Å². The fourth-order valence-electron chi connectivity index (χ4n) is 2.69. The van der Waals surface area contributed by atoms with Gasteiger partial charge in [0.05, 0.1) is 25.3 Å². The van der Waals surface area contributed by atoms with Gasteiger partial charge >= 0.3 is 5.97 Å². The van der Waals surface area contributed by atoms with E-state index in [1.165, 1.54) is 7.11 Å². The van der Waals surface area contributed by atoms with Crippen LogP contribution in [0.2, 0.25) is 0 Å². The lowest BCUT2D eigenvalue weighted by Gasteiger charge is -2.33. The van der Waals surface area contributed by atoms with E-state index in [1.54, 1.807) is 7.05 Å². The second-order valence-corrected chi connectivity index (χ2v) is 5.46. The average Bonchev–Trinajstić information content (AvgIpc) is 2.55. The van der Waals surface area contributed by atoms with E-state index in [0.29, 0.717) is 6.54 Å². The molecular weight excluding hydrogens is 407 g/mol. The van der Waals surface area contributed by atoms with Gasteiger partial charge < -0.3 is 15.0 Å². The molecule has 0 radical (unpaired) electrons. The third kappa shape index (κ3) is 5.63. The Kier molecular flexibility index (Phi) is 8.29. The van der Waals surface area contributed by atoms with Gasteiger partial charge in [-0.15, -0.1) is 24.0 Å². The van der Waals surface area contributed by atoms with Crippen LogP contribution in [0, 0.1) is 12.8 Å². The molecule has 1 aromatic heterocycles. The monoisotopic (exact) mass is 432 g/mol. The minimum absolute atomic E-state index is 0. The second kappa shape index (κ2) is 9.69. The molecule has 6 nitrogen and oxygen atoms in total. The molecule has 7 heteroatoms. The van der Waals surface area contributed by atoms with E-state index in [0.717, 1.165) is 43.3 Å². The Morgan fingerprint density at radius 3 is 2.70 bits per heavy atom. The van der Waals surface area contributed by atoms with E-state index in [-0.39, 0.29) is 35.9 Å². The van der Waals surface area contributed by atoms with Crippen LogP contribution in [0.3, 0.4) is 0 Å². The standard InChI is InChI=1S/C16H24N4O2.HI/c1-12-5-4-6-14(19-12)11-18-16(17-2)20-9-7-13(8-10-20)15(21)22-3;/h4-6,13H,7-11H2,1-3H3,(H,17,18);1H. The number of guanidine groups is 1. The molecule has 0 unspecified atom stereocenters. The second-order valence-electron chi connectivity index (χ2n) is 5.46. The van der Waals surface area contributed by atoms with Crippen LogP contribution in [-0.4, -0.2) is 49.1 Å². The van der Waals surface area contributed by atoms with Gasteiger partial charge in [-0.1, -0.05) is 6.07 Å². The van der Waals surface area contributed by atoms with Crippen molar-refractivity contribution in [3.63, 3.8) is 0 Å². The molecule has 0 atom stereocenters. The fraction of sp³-hybridized carbons (Fsp3) is 0.562. The Labute approximate surface area is 154 Å². The highest BCUT2D eigenvalue weighted by Crippen LogP contribution is 2.18. The van der Waals surface area contributed by atoms with E-state index >= 15 is 0 Å². The maximum Gasteiger partial charge on any atom is 0.308 e. The first-order valence-electron chi connectivity index (χ1n) is 7.60. The highest BCUT2D eigenvalue weighted by molar-refractivity contribution is 14.0. The third-order valence-corrected chi connectivity index (χ3v) is 3.91. The normalized spacial score (nSPS) is 15.8. The Bertz CT molecular complexity index is 543. The number of rotatable bonds is 3. The lowest BCUT2D eigenvalue weighted by atomic mass is 9.97. The predicted octanol–water partition coefficient (Wildman–Crippen LogP) is 1.97. The van der Waals surface area contributed by atoms with Crippen molar-refractivity contribution in [3.05, 3.63) is 29.6 Å². The molecular formula is C16H25IN4O2. The van der Waals surface area contributed by atoms with Crippen molar-refractivity contribution in [1.82, 2.24) is 15.2 Å². The van der Waals surface area contributed by atoms with Gasteiger partial charge in [-0.05, 0) is 31.9 Å². The molecule has 2 rings (SSSR count). The molecule has 0 saturated carbocycles. The summed E-state index contributed by atoms with van der Waals surface area (Å²) in [6.45, 7) is 4.24. The zero-order valence-corrected chi connectivity index (χ0v) is 16.2. The van der Waals surface area contributed by atoms with Crippen LogP contribution >= 0.6 is 24.0 Å². The Morgan fingerprint density at radius 2 is 2.13 bits per heavy atom. The van der Waals surface area contributed by atoms with E-state index in [9.17, 15) is 4.79 Å². The van der Waals surface area contributed by atoms with Crippen LogP contribution in [0.1, 0.15) is 24.2 Å². The van der Waals surface area contributed by atoms with Crippen LogP contribution in [-0.2, 0) is 16.1 Å². The summed E-state index contributed by atoms with van der Waals surface area (Å²) in [5, 5.41) is 3.34. The third-order valence-electron chi connectivity index (χ3n) is 3.91. The summed E-state index contributed by atoms with van der Waals surface area (Å²) < 4.78 is 4.82. The number of methoxy groups -OCH3 is 1. The molecule has 0 spiro atoms. The van der Waals surface area contributed by atoms with Gasteiger partial charge in [0.2, 0.25) is 0 Å². The van der Waals surface area contributed by atoms with Gasteiger partial charge in [0.15, 0.2) is 5.96 Å². The van der Waals surface area contributed by atoms with Crippen LogP contribution < -0.4 is 5.32 Å². The molecule has 0 aromatic carbocycles. The molecule has 0 amide bonds. The Hall–Kier alpha value is -1.38. The van der Waals surface area contributed by atoms with Crippen LogP contribution in [0.15, 0.2) is 23.2 Å². The molecule has 1 aromatic rings. The van der Waals surface area contributed by atoms with Crippen molar-refractivity contribution in [2.45, 2.75) is 26.3 Å². The number of aliphatic imine (C=N–C) groups is 1. The number of likely N-dealkylation sites (tertiary alicyclic amines) is 1. The minimum atomic E-state index is -0.105. The molecule has 0 bridgehead atoms. The Morgan fingerprint density at radius 1 is 1.43 bits per heavy atom. The van der Waals surface area contributed by atoms with Crippen molar-refractivity contribution in [1.29, 1.82) is 0 Å². The van der Waals surface area contributed by atoms with Gasteiger partial charge in [-0.25, -0.2) is 0 Å². The molecule has 23 heavy (non-hydrogen) atoms. The van der Waals surface area contributed by atoms with E-state index in [1.807, 2.05) is 25.1 Å². The number of nitrogens with one attached hydrogen (secondary N) is 1. The summed E-state index contributed by atoms with van der Waals surface area (Å²) in [4.78, 5) is 22.5. The zero-order valence-electron chi connectivity index (χ0n) is 13.9. The first kappa shape index (κ1) is 19.7. The number of ether oxygens (including phenoxy) is 1. The molecule has 2 heterocycles. The number of carbonyl (C=O) groups excluding carboxylic acids is 1. The molecule has 1 aliphatic heterocycles.